The zero-order valence-electron chi connectivity index (χ0n) is 3.83. The number of hydrogen-bond donors (Lipinski definition) is 0. The Kier molecular flexibility index (Phi) is 1.72. The minimum Gasteiger partial charge on any atom is -0.281 e. The van der Waals surface area contributed by atoms with Gasteiger partial charge >= 0.3 is 0 Å². The van der Waals surface area contributed by atoms with Crippen LogP contribution in [-0.2, 0) is 4.79 Å². The van der Waals surface area contributed by atoms with Crippen molar-refractivity contribution in [3.05, 3.63) is 0 Å². The first-order valence-electron chi connectivity index (χ1n) is 2.11. The third-order valence-corrected chi connectivity index (χ3v) is 3.12. The van der Waals surface area contributed by atoms with Crippen LogP contribution in [-0.4, -0.2) is 8.48 Å². The van der Waals surface area contributed by atoms with E-state index in [2.05, 4.69) is 31.9 Å². The van der Waals surface area contributed by atoms with Crippen LogP contribution in [0.3, 0.4) is 0 Å². The fourth-order valence-electron chi connectivity index (χ4n) is 0.459. The summed E-state index contributed by atoms with van der Waals surface area (Å²) in [5, 5.41) is -0.265. The number of hydrogen-bond acceptors (Lipinski definition) is 1. The lowest BCUT2D eigenvalue weighted by Crippen LogP contribution is -1.95. The van der Waals surface area contributed by atoms with E-state index in [0.717, 1.165) is 6.42 Å². The van der Waals surface area contributed by atoms with Gasteiger partial charge in [0.1, 0.15) is 0 Å². The van der Waals surface area contributed by atoms with Crippen molar-refractivity contribution in [3.63, 3.8) is 0 Å². The van der Waals surface area contributed by atoms with Crippen LogP contribution in [0.15, 0.2) is 0 Å². The largest absolute Gasteiger partial charge is 0.281 e. The topological polar surface area (TPSA) is 17.1 Å². The van der Waals surface area contributed by atoms with Crippen LogP contribution in [0.4, 0.5) is 0 Å². The van der Waals surface area contributed by atoms with E-state index in [4.69, 9.17) is 11.6 Å². The highest BCUT2D eigenvalue weighted by atomic mass is 79.9. The fraction of sp³-hybridized carbons (Fsp3) is 0.750. The molecule has 1 fully saturated rings. The van der Waals surface area contributed by atoms with Crippen LogP contribution in [0.25, 0.3) is 0 Å². The maximum atomic E-state index is 10.3. The number of alkyl halides is 2. The maximum absolute atomic E-state index is 10.3. The SMILES string of the molecule is O=C(Cl)C1CC1(Br)Br. The number of rotatable bonds is 1. The molecule has 1 aliphatic carbocycles. The van der Waals surface area contributed by atoms with Gasteiger partial charge in [-0.15, -0.1) is 0 Å². The molecule has 1 unspecified atom stereocenters. The molecule has 0 aromatic carbocycles. The predicted octanol–water partition coefficient (Wildman–Crippen LogP) is 2.26. The standard InChI is InChI=1S/C4H3Br2ClO/c5-4(6)1-2(4)3(7)8/h2H,1H2. The van der Waals surface area contributed by atoms with Gasteiger partial charge in [-0.25, -0.2) is 0 Å². The van der Waals surface area contributed by atoms with E-state index in [1.54, 1.807) is 0 Å². The summed E-state index contributed by atoms with van der Waals surface area (Å²) in [6.45, 7) is 0. The Balaban J connectivity index is 2.48. The second kappa shape index (κ2) is 1.96. The molecule has 8 heavy (non-hydrogen) atoms. The molecule has 0 bridgehead atoms. The Morgan fingerprint density at radius 3 is 2.12 bits per heavy atom. The van der Waals surface area contributed by atoms with Crippen molar-refractivity contribution in [3.8, 4) is 0 Å². The van der Waals surface area contributed by atoms with E-state index in [1.807, 2.05) is 0 Å². The van der Waals surface area contributed by atoms with Crippen molar-refractivity contribution in [1.29, 1.82) is 0 Å². The molecule has 0 spiro atoms. The molecule has 4 heteroatoms. The van der Waals surface area contributed by atoms with Crippen molar-refractivity contribution in [2.75, 3.05) is 0 Å². The van der Waals surface area contributed by atoms with E-state index >= 15 is 0 Å². The first-order chi connectivity index (χ1) is 3.54. The van der Waals surface area contributed by atoms with Crippen molar-refractivity contribution < 1.29 is 4.79 Å². The molecule has 1 atom stereocenters. The molecule has 0 radical (unpaired) electrons. The highest BCUT2D eigenvalue weighted by molar-refractivity contribution is 9.25. The van der Waals surface area contributed by atoms with Crippen LogP contribution in [0, 0.1) is 5.92 Å². The quantitative estimate of drug-likeness (QED) is 0.523. The fourth-order valence-corrected chi connectivity index (χ4v) is 2.05. The average Bonchev–Trinajstić information content (AvgIpc) is 2.13. The molecule has 0 N–H and O–H groups in total. The van der Waals surface area contributed by atoms with Gasteiger partial charge < -0.3 is 0 Å². The normalized spacial score (nSPS) is 32.1. The monoisotopic (exact) mass is 260 g/mol. The lowest BCUT2D eigenvalue weighted by atomic mass is 10.5. The maximum Gasteiger partial charge on any atom is 0.227 e. The molecule has 0 saturated heterocycles. The molecule has 1 aliphatic rings. The Morgan fingerprint density at radius 2 is 2.12 bits per heavy atom. The van der Waals surface area contributed by atoms with Gasteiger partial charge in [0.15, 0.2) is 0 Å². The minimum atomic E-state index is -0.265. The zero-order chi connectivity index (χ0) is 6.36. The Labute approximate surface area is 69.0 Å². The Hall–Kier alpha value is 0.920. The van der Waals surface area contributed by atoms with Crippen LogP contribution < -0.4 is 0 Å². The van der Waals surface area contributed by atoms with Crippen LogP contribution in [0.1, 0.15) is 6.42 Å². The number of halogens is 3. The summed E-state index contributed by atoms with van der Waals surface area (Å²) in [5.41, 5.74) is 0. The summed E-state index contributed by atoms with van der Waals surface area (Å²) in [7, 11) is 0. The summed E-state index contributed by atoms with van der Waals surface area (Å²) in [4.78, 5) is 10.3. The molecule has 0 aromatic heterocycles. The van der Waals surface area contributed by atoms with E-state index in [9.17, 15) is 4.79 Å². The highest BCUT2D eigenvalue weighted by Crippen LogP contribution is 2.57. The van der Waals surface area contributed by atoms with Crippen molar-refractivity contribution in [1.82, 2.24) is 0 Å². The van der Waals surface area contributed by atoms with Gasteiger partial charge in [0.05, 0.1) is 9.15 Å². The first-order valence-corrected chi connectivity index (χ1v) is 4.07. The van der Waals surface area contributed by atoms with Gasteiger partial charge in [-0.05, 0) is 18.0 Å². The molecular formula is C4H3Br2ClO. The van der Waals surface area contributed by atoms with Crippen LogP contribution >= 0.6 is 43.5 Å². The van der Waals surface area contributed by atoms with Gasteiger partial charge in [0.2, 0.25) is 5.24 Å². The van der Waals surface area contributed by atoms with E-state index < -0.39 is 0 Å². The molecule has 1 saturated carbocycles. The molecule has 1 nitrogen and oxygen atoms in total. The molecule has 0 aromatic rings. The zero-order valence-corrected chi connectivity index (χ0v) is 7.75. The number of carbonyl (C=O) groups is 1. The summed E-state index contributed by atoms with van der Waals surface area (Å²) in [6.07, 6.45) is 0.801. The molecular weight excluding hydrogens is 259 g/mol. The molecule has 0 aliphatic heterocycles. The Bertz CT molecular complexity index is 134. The third-order valence-electron chi connectivity index (χ3n) is 1.10. The summed E-state index contributed by atoms with van der Waals surface area (Å²) in [5.74, 6) is -0.0239. The average molecular weight is 262 g/mol. The highest BCUT2D eigenvalue weighted by Gasteiger charge is 2.54. The van der Waals surface area contributed by atoms with Crippen LogP contribution in [0.5, 0.6) is 0 Å². The minimum absolute atomic E-state index is 0.0239. The van der Waals surface area contributed by atoms with Crippen LogP contribution in [0.2, 0.25) is 0 Å². The van der Waals surface area contributed by atoms with Crippen molar-refractivity contribution in [2.45, 2.75) is 9.65 Å². The lowest BCUT2D eigenvalue weighted by molar-refractivity contribution is -0.112. The lowest BCUT2D eigenvalue weighted by Gasteiger charge is -1.89. The summed E-state index contributed by atoms with van der Waals surface area (Å²) >= 11 is 11.7. The summed E-state index contributed by atoms with van der Waals surface area (Å²) in [6, 6.07) is 0. The number of carbonyl (C=O) groups excluding carboxylic acids is 1. The second-order valence-corrected chi connectivity index (χ2v) is 6.09. The molecule has 1 rings (SSSR count). The first kappa shape index (κ1) is 7.03. The van der Waals surface area contributed by atoms with E-state index in [-0.39, 0.29) is 14.4 Å². The van der Waals surface area contributed by atoms with Crippen molar-refractivity contribution >= 4 is 48.7 Å². The van der Waals surface area contributed by atoms with Crippen molar-refractivity contribution in [2.24, 2.45) is 5.92 Å². The van der Waals surface area contributed by atoms with Gasteiger partial charge in [-0.2, -0.15) is 0 Å². The van der Waals surface area contributed by atoms with Gasteiger partial charge in [-0.3, -0.25) is 4.79 Å². The Morgan fingerprint density at radius 1 is 1.75 bits per heavy atom. The summed E-state index contributed by atoms with van der Waals surface area (Å²) < 4.78 is -0.168. The van der Waals surface area contributed by atoms with Gasteiger partial charge in [0, 0.05) is 0 Å². The van der Waals surface area contributed by atoms with Gasteiger partial charge in [0.25, 0.3) is 0 Å². The predicted molar refractivity (Wildman–Crippen MR) is 39.6 cm³/mol. The molecule has 46 valence electrons. The second-order valence-electron chi connectivity index (χ2n) is 1.82. The van der Waals surface area contributed by atoms with Gasteiger partial charge in [-0.1, -0.05) is 31.9 Å². The smallest absolute Gasteiger partial charge is 0.227 e. The van der Waals surface area contributed by atoms with E-state index in [1.165, 1.54) is 0 Å². The molecule has 0 amide bonds. The third kappa shape index (κ3) is 1.25. The van der Waals surface area contributed by atoms with E-state index in [0.29, 0.717) is 0 Å². The molecule has 0 heterocycles.